The van der Waals surface area contributed by atoms with Crippen molar-refractivity contribution in [2.24, 2.45) is 0 Å². The molecule has 0 aliphatic carbocycles. The molecule has 0 radical (unpaired) electrons. The minimum atomic E-state index is 0.180. The molecule has 0 N–H and O–H groups in total. The van der Waals surface area contributed by atoms with E-state index in [2.05, 4.69) is 18.9 Å². The molecular weight excluding hydrogens is 190 g/mol. The summed E-state index contributed by atoms with van der Waals surface area (Å²) in [5, 5.41) is 4.19. The zero-order chi connectivity index (χ0) is 10.8. The number of rotatable bonds is 3. The van der Waals surface area contributed by atoms with Gasteiger partial charge in [-0.05, 0) is 17.9 Å². The Morgan fingerprint density at radius 3 is 2.73 bits per heavy atom. The number of amides is 1. The van der Waals surface area contributed by atoms with Crippen molar-refractivity contribution in [2.45, 2.75) is 32.7 Å². The number of hydrogen-bond acceptors (Lipinski definition) is 2. The topological polar surface area (TPSA) is 38.1 Å². The van der Waals surface area contributed by atoms with E-state index < -0.39 is 0 Å². The van der Waals surface area contributed by atoms with E-state index >= 15 is 0 Å². The standard InChI is InChI=1S/C11H17N3O/c1-9(2)10-6-12-14(7-10)8-11(15)13-4-3-5-13/h6-7,9H,3-5,8H2,1-2H3. The molecule has 0 saturated carbocycles. The SMILES string of the molecule is CC(C)c1cnn(CC(=O)N2CCC2)c1. The van der Waals surface area contributed by atoms with Crippen LogP contribution in [-0.4, -0.2) is 33.7 Å². The lowest BCUT2D eigenvalue weighted by Crippen LogP contribution is -2.43. The van der Waals surface area contributed by atoms with E-state index in [0.29, 0.717) is 12.5 Å². The van der Waals surface area contributed by atoms with Gasteiger partial charge in [-0.3, -0.25) is 9.48 Å². The molecule has 0 aromatic carbocycles. The van der Waals surface area contributed by atoms with Crippen LogP contribution in [0.4, 0.5) is 0 Å². The fourth-order valence-electron chi connectivity index (χ4n) is 1.57. The zero-order valence-electron chi connectivity index (χ0n) is 9.31. The highest BCUT2D eigenvalue weighted by molar-refractivity contribution is 5.76. The summed E-state index contributed by atoms with van der Waals surface area (Å²) < 4.78 is 1.73. The van der Waals surface area contributed by atoms with Gasteiger partial charge in [-0.25, -0.2) is 0 Å². The van der Waals surface area contributed by atoms with E-state index in [1.165, 1.54) is 5.56 Å². The van der Waals surface area contributed by atoms with Gasteiger partial charge in [0, 0.05) is 19.3 Å². The molecule has 1 amide bonds. The Morgan fingerprint density at radius 1 is 1.53 bits per heavy atom. The third kappa shape index (κ3) is 2.19. The maximum atomic E-state index is 11.6. The smallest absolute Gasteiger partial charge is 0.244 e. The number of nitrogens with zero attached hydrogens (tertiary/aromatic N) is 3. The molecular formula is C11H17N3O. The van der Waals surface area contributed by atoms with Crippen molar-refractivity contribution in [1.29, 1.82) is 0 Å². The summed E-state index contributed by atoms with van der Waals surface area (Å²) in [4.78, 5) is 13.5. The van der Waals surface area contributed by atoms with E-state index in [9.17, 15) is 4.79 Å². The molecule has 0 atom stereocenters. The molecule has 1 aromatic rings. The van der Waals surface area contributed by atoms with Crippen molar-refractivity contribution < 1.29 is 4.79 Å². The fraction of sp³-hybridized carbons (Fsp3) is 0.636. The number of carbonyl (C=O) groups is 1. The minimum Gasteiger partial charge on any atom is -0.341 e. The first-order valence-electron chi connectivity index (χ1n) is 5.47. The maximum absolute atomic E-state index is 11.6. The Morgan fingerprint density at radius 2 is 2.27 bits per heavy atom. The molecule has 0 bridgehead atoms. The average Bonchev–Trinajstić information content (AvgIpc) is 2.48. The van der Waals surface area contributed by atoms with Crippen LogP contribution in [0.15, 0.2) is 12.4 Å². The van der Waals surface area contributed by atoms with E-state index in [1.807, 2.05) is 17.3 Å². The molecule has 4 heteroatoms. The van der Waals surface area contributed by atoms with Crippen LogP contribution in [0.5, 0.6) is 0 Å². The van der Waals surface area contributed by atoms with Crippen molar-refractivity contribution in [3.63, 3.8) is 0 Å². The monoisotopic (exact) mass is 207 g/mol. The molecule has 1 saturated heterocycles. The Hall–Kier alpha value is -1.32. The third-order valence-electron chi connectivity index (χ3n) is 2.83. The first-order chi connectivity index (χ1) is 7.16. The summed E-state index contributed by atoms with van der Waals surface area (Å²) >= 11 is 0. The summed E-state index contributed by atoms with van der Waals surface area (Å²) in [6.45, 7) is 6.46. The Labute approximate surface area is 89.9 Å². The second-order valence-corrected chi connectivity index (χ2v) is 4.36. The molecule has 1 aromatic heterocycles. The largest absolute Gasteiger partial charge is 0.341 e. The van der Waals surface area contributed by atoms with E-state index in [1.54, 1.807) is 4.68 Å². The van der Waals surface area contributed by atoms with Crippen LogP contribution in [0.1, 0.15) is 31.7 Å². The van der Waals surface area contributed by atoms with Crippen molar-refractivity contribution in [2.75, 3.05) is 13.1 Å². The molecule has 2 heterocycles. The van der Waals surface area contributed by atoms with Crippen molar-refractivity contribution in [1.82, 2.24) is 14.7 Å². The van der Waals surface area contributed by atoms with Gasteiger partial charge in [0.1, 0.15) is 6.54 Å². The fourth-order valence-corrected chi connectivity index (χ4v) is 1.57. The van der Waals surface area contributed by atoms with Gasteiger partial charge >= 0.3 is 0 Å². The molecule has 2 rings (SSSR count). The summed E-state index contributed by atoms with van der Waals surface area (Å²) in [6, 6.07) is 0. The van der Waals surface area contributed by atoms with E-state index in [0.717, 1.165) is 19.5 Å². The van der Waals surface area contributed by atoms with Crippen LogP contribution in [0.25, 0.3) is 0 Å². The normalized spacial score (nSPS) is 15.5. The van der Waals surface area contributed by atoms with Crippen molar-refractivity contribution in [3.8, 4) is 0 Å². The van der Waals surface area contributed by atoms with Crippen molar-refractivity contribution in [3.05, 3.63) is 18.0 Å². The third-order valence-corrected chi connectivity index (χ3v) is 2.83. The molecule has 82 valence electrons. The molecule has 1 fully saturated rings. The summed E-state index contributed by atoms with van der Waals surface area (Å²) in [6.07, 6.45) is 4.94. The van der Waals surface area contributed by atoms with Gasteiger partial charge in [-0.1, -0.05) is 13.8 Å². The molecule has 4 nitrogen and oxygen atoms in total. The lowest BCUT2D eigenvalue weighted by atomic mass is 10.1. The maximum Gasteiger partial charge on any atom is 0.244 e. The van der Waals surface area contributed by atoms with Gasteiger partial charge in [0.15, 0.2) is 0 Å². The lowest BCUT2D eigenvalue weighted by Gasteiger charge is -2.30. The zero-order valence-corrected chi connectivity index (χ0v) is 9.31. The predicted molar refractivity (Wildman–Crippen MR) is 57.5 cm³/mol. The Balaban J connectivity index is 1.95. The number of hydrogen-bond donors (Lipinski definition) is 0. The van der Waals surface area contributed by atoms with Gasteiger partial charge in [-0.15, -0.1) is 0 Å². The van der Waals surface area contributed by atoms with E-state index in [4.69, 9.17) is 0 Å². The second-order valence-electron chi connectivity index (χ2n) is 4.36. The molecule has 1 aliphatic heterocycles. The van der Waals surface area contributed by atoms with Crippen molar-refractivity contribution >= 4 is 5.91 Å². The van der Waals surface area contributed by atoms with Gasteiger partial charge < -0.3 is 4.90 Å². The van der Waals surface area contributed by atoms with Gasteiger partial charge in [0.05, 0.1) is 6.20 Å². The average molecular weight is 207 g/mol. The van der Waals surface area contributed by atoms with Crippen LogP contribution < -0.4 is 0 Å². The highest BCUT2D eigenvalue weighted by Crippen LogP contribution is 2.13. The van der Waals surface area contributed by atoms with Crippen LogP contribution in [0.3, 0.4) is 0 Å². The Bertz CT molecular complexity index is 352. The molecule has 0 unspecified atom stereocenters. The summed E-state index contributed by atoms with van der Waals surface area (Å²) in [5.74, 6) is 0.650. The lowest BCUT2D eigenvalue weighted by molar-refractivity contribution is -0.135. The minimum absolute atomic E-state index is 0.180. The summed E-state index contributed by atoms with van der Waals surface area (Å²) in [5.41, 5.74) is 1.19. The van der Waals surface area contributed by atoms with Crippen LogP contribution in [-0.2, 0) is 11.3 Å². The Kier molecular flexibility index (Phi) is 2.75. The number of carbonyl (C=O) groups excluding carboxylic acids is 1. The first kappa shape index (κ1) is 10.2. The second kappa shape index (κ2) is 4.04. The quantitative estimate of drug-likeness (QED) is 0.748. The highest BCUT2D eigenvalue weighted by atomic mass is 16.2. The predicted octanol–water partition coefficient (Wildman–Crippen LogP) is 1.24. The first-order valence-corrected chi connectivity index (χ1v) is 5.47. The number of aromatic nitrogens is 2. The van der Waals surface area contributed by atoms with Crippen LogP contribution in [0, 0.1) is 0 Å². The molecule has 1 aliphatic rings. The van der Waals surface area contributed by atoms with Gasteiger partial charge in [0.2, 0.25) is 5.91 Å². The van der Waals surface area contributed by atoms with Gasteiger partial charge in [0.25, 0.3) is 0 Å². The van der Waals surface area contributed by atoms with Crippen LogP contribution >= 0.6 is 0 Å². The highest BCUT2D eigenvalue weighted by Gasteiger charge is 2.20. The molecule has 15 heavy (non-hydrogen) atoms. The molecule has 0 spiro atoms. The van der Waals surface area contributed by atoms with E-state index in [-0.39, 0.29) is 5.91 Å². The summed E-state index contributed by atoms with van der Waals surface area (Å²) in [7, 11) is 0. The van der Waals surface area contributed by atoms with Gasteiger partial charge in [-0.2, -0.15) is 5.10 Å². The van der Waals surface area contributed by atoms with Crippen LogP contribution in [0.2, 0.25) is 0 Å². The number of likely N-dealkylation sites (tertiary alicyclic amines) is 1.